The maximum absolute atomic E-state index is 12.0. The molecule has 0 aliphatic carbocycles. The molecule has 0 aliphatic rings. The first kappa shape index (κ1) is 16.7. The monoisotopic (exact) mass is 380 g/mol. The van der Waals surface area contributed by atoms with Gasteiger partial charge in [-0.3, -0.25) is 9.59 Å². The number of anilines is 1. The van der Waals surface area contributed by atoms with Crippen molar-refractivity contribution in [3.05, 3.63) is 49.6 Å². The van der Waals surface area contributed by atoms with Gasteiger partial charge in [0.15, 0.2) is 0 Å². The standard InChI is InChI=1S/C16H17BrN2O2S/c1-9-7-14(22-11(9)3)16(21)18-8-15(20)19-13-5-4-12(17)6-10(13)2/h4-7H,8H2,1-3H3,(H,18,21)(H,19,20). The van der Waals surface area contributed by atoms with Gasteiger partial charge in [-0.15, -0.1) is 11.3 Å². The van der Waals surface area contributed by atoms with Crippen molar-refractivity contribution in [3.8, 4) is 0 Å². The summed E-state index contributed by atoms with van der Waals surface area (Å²) in [5.74, 6) is -0.465. The molecule has 0 unspecified atom stereocenters. The number of amides is 2. The maximum Gasteiger partial charge on any atom is 0.261 e. The van der Waals surface area contributed by atoms with E-state index in [1.165, 1.54) is 11.3 Å². The minimum atomic E-state index is -0.247. The molecule has 2 aromatic rings. The second kappa shape index (κ2) is 7.07. The van der Waals surface area contributed by atoms with E-state index in [-0.39, 0.29) is 18.4 Å². The van der Waals surface area contributed by atoms with Crippen molar-refractivity contribution in [3.63, 3.8) is 0 Å². The van der Waals surface area contributed by atoms with E-state index >= 15 is 0 Å². The Morgan fingerprint density at radius 2 is 1.86 bits per heavy atom. The van der Waals surface area contributed by atoms with Gasteiger partial charge in [0.2, 0.25) is 5.91 Å². The fourth-order valence-corrected chi connectivity index (χ4v) is 3.32. The Balaban J connectivity index is 1.91. The van der Waals surface area contributed by atoms with E-state index in [2.05, 4.69) is 26.6 Å². The van der Waals surface area contributed by atoms with Gasteiger partial charge >= 0.3 is 0 Å². The van der Waals surface area contributed by atoms with Crippen molar-refractivity contribution in [1.82, 2.24) is 5.32 Å². The molecule has 2 amide bonds. The molecular formula is C16H17BrN2O2S. The normalized spacial score (nSPS) is 10.4. The number of nitrogens with one attached hydrogen (secondary N) is 2. The van der Waals surface area contributed by atoms with Gasteiger partial charge in [-0.05, 0) is 56.2 Å². The maximum atomic E-state index is 12.0. The first-order valence-electron chi connectivity index (χ1n) is 6.78. The molecule has 0 spiro atoms. The topological polar surface area (TPSA) is 58.2 Å². The number of thiophene rings is 1. The SMILES string of the molecule is Cc1cc(Br)ccc1NC(=O)CNC(=O)c1cc(C)c(C)s1. The third-order valence-corrected chi connectivity index (χ3v) is 4.91. The molecule has 0 fully saturated rings. The lowest BCUT2D eigenvalue weighted by Gasteiger charge is -2.09. The van der Waals surface area contributed by atoms with E-state index in [4.69, 9.17) is 0 Å². The first-order chi connectivity index (χ1) is 10.4. The summed E-state index contributed by atoms with van der Waals surface area (Å²) in [5, 5.41) is 5.43. The van der Waals surface area contributed by atoms with Crippen molar-refractivity contribution >= 4 is 44.8 Å². The zero-order valence-corrected chi connectivity index (χ0v) is 15.0. The molecule has 116 valence electrons. The molecule has 1 aromatic heterocycles. The minimum Gasteiger partial charge on any atom is -0.342 e. The van der Waals surface area contributed by atoms with Crippen molar-refractivity contribution < 1.29 is 9.59 Å². The summed E-state index contributed by atoms with van der Waals surface area (Å²) in [6, 6.07) is 7.45. The molecule has 0 bridgehead atoms. The molecule has 0 saturated heterocycles. The molecule has 6 heteroatoms. The second-order valence-corrected chi connectivity index (χ2v) is 7.21. The zero-order valence-electron chi connectivity index (χ0n) is 12.6. The number of halogens is 1. The summed E-state index contributed by atoms with van der Waals surface area (Å²) < 4.78 is 0.958. The lowest BCUT2D eigenvalue weighted by molar-refractivity contribution is -0.115. The molecule has 0 atom stereocenters. The fourth-order valence-electron chi connectivity index (χ4n) is 1.89. The first-order valence-corrected chi connectivity index (χ1v) is 8.39. The number of rotatable bonds is 4. The molecule has 4 nitrogen and oxygen atoms in total. The zero-order chi connectivity index (χ0) is 16.3. The highest BCUT2D eigenvalue weighted by Gasteiger charge is 2.12. The summed E-state index contributed by atoms with van der Waals surface area (Å²) in [5.41, 5.74) is 2.79. The van der Waals surface area contributed by atoms with Crippen LogP contribution in [0.4, 0.5) is 5.69 Å². The average molecular weight is 381 g/mol. The number of hydrogen-bond donors (Lipinski definition) is 2. The summed E-state index contributed by atoms with van der Waals surface area (Å²) in [4.78, 5) is 25.7. The fraction of sp³-hybridized carbons (Fsp3) is 0.250. The molecule has 2 N–H and O–H groups in total. The number of hydrogen-bond acceptors (Lipinski definition) is 3. The highest BCUT2D eigenvalue weighted by Crippen LogP contribution is 2.21. The third kappa shape index (κ3) is 4.18. The lowest BCUT2D eigenvalue weighted by Crippen LogP contribution is -2.32. The Morgan fingerprint density at radius 3 is 2.45 bits per heavy atom. The van der Waals surface area contributed by atoms with Crippen LogP contribution in [0.1, 0.15) is 25.7 Å². The van der Waals surface area contributed by atoms with Gasteiger partial charge < -0.3 is 10.6 Å². The van der Waals surface area contributed by atoms with Crippen LogP contribution in [-0.4, -0.2) is 18.4 Å². The van der Waals surface area contributed by atoms with Gasteiger partial charge in [-0.25, -0.2) is 0 Å². The Morgan fingerprint density at radius 1 is 1.14 bits per heavy atom. The van der Waals surface area contributed by atoms with Crippen molar-refractivity contribution in [2.24, 2.45) is 0 Å². The summed E-state index contributed by atoms with van der Waals surface area (Å²) >= 11 is 4.81. The number of carbonyl (C=O) groups is 2. The van der Waals surface area contributed by atoms with Gasteiger partial charge in [0.25, 0.3) is 5.91 Å². The van der Waals surface area contributed by atoms with Crippen LogP contribution in [0.15, 0.2) is 28.7 Å². The Bertz CT molecular complexity index is 705. The number of benzene rings is 1. The molecule has 22 heavy (non-hydrogen) atoms. The predicted octanol–water partition coefficient (Wildman–Crippen LogP) is 3.80. The number of aryl methyl sites for hydroxylation is 3. The quantitative estimate of drug-likeness (QED) is 0.846. The molecule has 1 aromatic carbocycles. The van der Waals surface area contributed by atoms with E-state index in [0.717, 1.165) is 26.2 Å². The lowest BCUT2D eigenvalue weighted by atomic mass is 10.2. The van der Waals surface area contributed by atoms with Crippen LogP contribution in [0.5, 0.6) is 0 Å². The van der Waals surface area contributed by atoms with E-state index in [1.807, 2.05) is 45.0 Å². The van der Waals surface area contributed by atoms with Crippen LogP contribution in [0, 0.1) is 20.8 Å². The third-order valence-electron chi connectivity index (χ3n) is 3.26. The molecule has 2 rings (SSSR count). The summed E-state index contributed by atoms with van der Waals surface area (Å²) in [6.45, 7) is 5.80. The van der Waals surface area contributed by atoms with Crippen LogP contribution in [0.25, 0.3) is 0 Å². The van der Waals surface area contributed by atoms with Gasteiger partial charge in [-0.1, -0.05) is 15.9 Å². The smallest absolute Gasteiger partial charge is 0.261 e. The summed E-state index contributed by atoms with van der Waals surface area (Å²) in [6.07, 6.45) is 0. The van der Waals surface area contributed by atoms with Gasteiger partial charge in [0.1, 0.15) is 0 Å². The van der Waals surface area contributed by atoms with Crippen molar-refractivity contribution in [2.45, 2.75) is 20.8 Å². The van der Waals surface area contributed by atoms with Crippen LogP contribution in [0.2, 0.25) is 0 Å². The van der Waals surface area contributed by atoms with Gasteiger partial charge in [0, 0.05) is 15.0 Å². The highest BCUT2D eigenvalue weighted by atomic mass is 79.9. The van der Waals surface area contributed by atoms with Crippen LogP contribution in [-0.2, 0) is 4.79 Å². The van der Waals surface area contributed by atoms with Crippen LogP contribution >= 0.6 is 27.3 Å². The molecule has 0 saturated carbocycles. The van der Waals surface area contributed by atoms with E-state index in [9.17, 15) is 9.59 Å². The van der Waals surface area contributed by atoms with E-state index in [1.54, 1.807) is 0 Å². The Labute approximate surface area is 142 Å². The predicted molar refractivity (Wildman–Crippen MR) is 93.6 cm³/mol. The van der Waals surface area contributed by atoms with E-state index in [0.29, 0.717) is 4.88 Å². The largest absolute Gasteiger partial charge is 0.342 e. The molecule has 1 heterocycles. The summed E-state index contributed by atoms with van der Waals surface area (Å²) in [7, 11) is 0. The Kier molecular flexibility index (Phi) is 5.37. The minimum absolute atomic E-state index is 0.0513. The van der Waals surface area contributed by atoms with Crippen molar-refractivity contribution in [1.29, 1.82) is 0 Å². The van der Waals surface area contributed by atoms with Crippen LogP contribution < -0.4 is 10.6 Å². The number of carbonyl (C=O) groups excluding carboxylic acids is 2. The van der Waals surface area contributed by atoms with E-state index < -0.39 is 0 Å². The van der Waals surface area contributed by atoms with Crippen molar-refractivity contribution in [2.75, 3.05) is 11.9 Å². The highest BCUT2D eigenvalue weighted by molar-refractivity contribution is 9.10. The molecular weight excluding hydrogens is 364 g/mol. The van der Waals surface area contributed by atoms with Gasteiger partial charge in [-0.2, -0.15) is 0 Å². The second-order valence-electron chi connectivity index (χ2n) is 5.04. The molecule has 0 radical (unpaired) electrons. The molecule has 0 aliphatic heterocycles. The Hall–Kier alpha value is -1.66. The van der Waals surface area contributed by atoms with Gasteiger partial charge in [0.05, 0.1) is 11.4 Å². The van der Waals surface area contributed by atoms with Crippen LogP contribution in [0.3, 0.4) is 0 Å². The average Bonchev–Trinajstić information content (AvgIpc) is 2.79.